The summed E-state index contributed by atoms with van der Waals surface area (Å²) in [4.78, 5) is 6.72. The van der Waals surface area contributed by atoms with Crippen molar-refractivity contribution in [2.45, 2.75) is 12.7 Å². The lowest BCUT2D eigenvalue weighted by molar-refractivity contribution is -0.137. The number of benzene rings is 1. The predicted molar refractivity (Wildman–Crippen MR) is 89.2 cm³/mol. The minimum Gasteiger partial charge on any atom is -0.396 e. The lowest BCUT2D eigenvalue weighted by atomic mass is 10.1. The van der Waals surface area contributed by atoms with Crippen molar-refractivity contribution in [3.05, 3.63) is 40.9 Å². The molecule has 1 aliphatic rings. The first-order valence-electron chi connectivity index (χ1n) is 7.98. The van der Waals surface area contributed by atoms with Crippen LogP contribution in [0.5, 0.6) is 0 Å². The molecule has 1 saturated heterocycles. The van der Waals surface area contributed by atoms with Gasteiger partial charge in [-0.3, -0.25) is 4.90 Å². The molecular weight excluding hydrogens is 353 g/mol. The number of ether oxygens (including phenoxy) is 1. The lowest BCUT2D eigenvalue weighted by Crippen LogP contribution is -2.31. The predicted octanol–water partition coefficient (Wildman–Crippen LogP) is 3.27. The van der Waals surface area contributed by atoms with Crippen LogP contribution in [0.15, 0.2) is 29.6 Å². The Kier molecular flexibility index (Phi) is 5.73. The molecule has 0 bridgehead atoms. The maximum absolute atomic E-state index is 12.6. The fraction of sp³-hybridized carbons (Fsp3) is 0.471. The first kappa shape index (κ1) is 18.3. The minimum atomic E-state index is -4.33. The second-order valence-corrected chi connectivity index (χ2v) is 6.94. The third-order valence-electron chi connectivity index (χ3n) is 4.08. The van der Waals surface area contributed by atoms with E-state index in [0.29, 0.717) is 30.3 Å². The van der Waals surface area contributed by atoms with Crippen LogP contribution in [0.25, 0.3) is 10.6 Å². The van der Waals surface area contributed by atoms with Crippen LogP contribution in [0, 0.1) is 5.92 Å². The maximum atomic E-state index is 12.6. The first-order valence-corrected chi connectivity index (χ1v) is 8.86. The van der Waals surface area contributed by atoms with Gasteiger partial charge in [-0.1, -0.05) is 12.1 Å². The number of rotatable bonds is 4. The summed E-state index contributed by atoms with van der Waals surface area (Å²) in [6.45, 7) is 3.40. The van der Waals surface area contributed by atoms with Gasteiger partial charge in [0.2, 0.25) is 0 Å². The zero-order chi connectivity index (χ0) is 17.9. The van der Waals surface area contributed by atoms with Crippen LogP contribution >= 0.6 is 11.3 Å². The third-order valence-corrected chi connectivity index (χ3v) is 5.02. The van der Waals surface area contributed by atoms with Crippen LogP contribution in [-0.4, -0.2) is 47.9 Å². The third kappa shape index (κ3) is 4.78. The topological polar surface area (TPSA) is 45.6 Å². The van der Waals surface area contributed by atoms with Crippen LogP contribution in [0.2, 0.25) is 0 Å². The molecule has 1 fully saturated rings. The summed E-state index contributed by atoms with van der Waals surface area (Å²) < 4.78 is 43.4. The average molecular weight is 372 g/mol. The van der Waals surface area contributed by atoms with E-state index in [2.05, 4.69) is 9.88 Å². The first-order chi connectivity index (χ1) is 12.0. The molecule has 1 N–H and O–H groups in total. The number of aromatic nitrogens is 1. The van der Waals surface area contributed by atoms with E-state index in [4.69, 9.17) is 4.74 Å². The largest absolute Gasteiger partial charge is 0.416 e. The molecule has 8 heteroatoms. The van der Waals surface area contributed by atoms with Crippen LogP contribution in [0.1, 0.15) is 11.3 Å². The van der Waals surface area contributed by atoms with Crippen LogP contribution in [0.4, 0.5) is 13.2 Å². The molecule has 0 radical (unpaired) electrons. The van der Waals surface area contributed by atoms with Gasteiger partial charge in [0.05, 0.1) is 24.5 Å². The van der Waals surface area contributed by atoms with E-state index in [1.165, 1.54) is 23.5 Å². The van der Waals surface area contributed by atoms with Crippen molar-refractivity contribution >= 4 is 11.3 Å². The summed E-state index contributed by atoms with van der Waals surface area (Å²) in [5.41, 5.74) is 0.891. The molecule has 0 unspecified atom stereocenters. The normalized spacial score (nSPS) is 19.8. The van der Waals surface area contributed by atoms with Gasteiger partial charge in [-0.25, -0.2) is 4.98 Å². The van der Waals surface area contributed by atoms with Crippen molar-refractivity contribution in [3.63, 3.8) is 0 Å². The van der Waals surface area contributed by atoms with Crippen LogP contribution in [0.3, 0.4) is 0 Å². The maximum Gasteiger partial charge on any atom is 0.416 e. The van der Waals surface area contributed by atoms with Gasteiger partial charge in [0.1, 0.15) is 5.01 Å². The highest BCUT2D eigenvalue weighted by Gasteiger charge is 2.30. The summed E-state index contributed by atoms with van der Waals surface area (Å²) in [7, 11) is 0. The standard InChI is InChI=1S/C17H19F3N2O2S/c18-17(19,20)14-3-1-13(2-4-14)16-21-15(11-25-16)8-22-5-6-24-10-12(7-22)9-23/h1-4,11-12,23H,5-10H2/t12-/m0/s1. The highest BCUT2D eigenvalue weighted by atomic mass is 32.1. The second-order valence-electron chi connectivity index (χ2n) is 6.08. The zero-order valence-corrected chi connectivity index (χ0v) is 14.3. The molecule has 1 aliphatic heterocycles. The highest BCUT2D eigenvalue weighted by Crippen LogP contribution is 2.31. The van der Waals surface area contributed by atoms with Crippen molar-refractivity contribution < 1.29 is 23.0 Å². The van der Waals surface area contributed by atoms with E-state index >= 15 is 0 Å². The van der Waals surface area contributed by atoms with Crippen molar-refractivity contribution in [2.75, 3.05) is 32.9 Å². The fourth-order valence-corrected chi connectivity index (χ4v) is 3.57. The molecular formula is C17H19F3N2O2S. The molecule has 25 heavy (non-hydrogen) atoms. The number of thiazole rings is 1. The Morgan fingerprint density at radius 2 is 2.04 bits per heavy atom. The van der Waals surface area contributed by atoms with Gasteiger partial charge in [0, 0.05) is 43.1 Å². The number of aliphatic hydroxyl groups excluding tert-OH is 1. The minimum absolute atomic E-state index is 0.0877. The Labute approximate surface area is 147 Å². The summed E-state index contributed by atoms with van der Waals surface area (Å²) in [5.74, 6) is 0.0931. The SMILES string of the molecule is OC[C@H]1COCCN(Cc2csc(-c3ccc(C(F)(F)F)cc3)n2)C1. The molecule has 4 nitrogen and oxygen atoms in total. The zero-order valence-electron chi connectivity index (χ0n) is 13.5. The summed E-state index contributed by atoms with van der Waals surface area (Å²) in [5, 5.41) is 12.0. The van der Waals surface area contributed by atoms with Gasteiger partial charge in [0.15, 0.2) is 0 Å². The van der Waals surface area contributed by atoms with Gasteiger partial charge in [-0.15, -0.1) is 11.3 Å². The number of aliphatic hydroxyl groups is 1. The van der Waals surface area contributed by atoms with E-state index < -0.39 is 11.7 Å². The molecule has 1 aromatic carbocycles. The summed E-state index contributed by atoms with van der Waals surface area (Å²) in [6, 6.07) is 5.06. The van der Waals surface area contributed by atoms with Crippen LogP contribution < -0.4 is 0 Å². The Morgan fingerprint density at radius 1 is 1.28 bits per heavy atom. The summed E-state index contributed by atoms with van der Waals surface area (Å²) >= 11 is 1.42. The molecule has 0 spiro atoms. The Bertz CT molecular complexity index is 688. The fourth-order valence-electron chi connectivity index (χ4n) is 2.75. The summed E-state index contributed by atoms with van der Waals surface area (Å²) in [6.07, 6.45) is -4.33. The van der Waals surface area contributed by atoms with Gasteiger partial charge < -0.3 is 9.84 Å². The molecule has 1 atom stereocenters. The van der Waals surface area contributed by atoms with Crippen molar-refractivity contribution in [3.8, 4) is 10.6 Å². The Balaban J connectivity index is 1.67. The molecule has 0 aliphatic carbocycles. The van der Waals surface area contributed by atoms with Crippen molar-refractivity contribution in [2.24, 2.45) is 5.92 Å². The number of alkyl halides is 3. The quantitative estimate of drug-likeness (QED) is 0.895. The van der Waals surface area contributed by atoms with E-state index in [-0.39, 0.29) is 12.5 Å². The monoisotopic (exact) mass is 372 g/mol. The number of nitrogens with zero attached hydrogens (tertiary/aromatic N) is 2. The number of hydrogen-bond donors (Lipinski definition) is 1. The molecule has 136 valence electrons. The van der Waals surface area contributed by atoms with E-state index in [1.807, 2.05) is 5.38 Å². The highest BCUT2D eigenvalue weighted by molar-refractivity contribution is 7.13. The smallest absolute Gasteiger partial charge is 0.396 e. The molecule has 0 amide bonds. The van der Waals surface area contributed by atoms with Crippen molar-refractivity contribution in [1.82, 2.24) is 9.88 Å². The lowest BCUT2D eigenvalue weighted by Gasteiger charge is -2.21. The molecule has 0 saturated carbocycles. The van der Waals surface area contributed by atoms with Crippen LogP contribution in [-0.2, 0) is 17.5 Å². The van der Waals surface area contributed by atoms with E-state index in [1.54, 1.807) is 0 Å². The molecule has 1 aromatic heterocycles. The van der Waals surface area contributed by atoms with Crippen molar-refractivity contribution in [1.29, 1.82) is 0 Å². The van der Waals surface area contributed by atoms with Gasteiger partial charge >= 0.3 is 6.18 Å². The van der Waals surface area contributed by atoms with E-state index in [0.717, 1.165) is 30.9 Å². The van der Waals surface area contributed by atoms with E-state index in [9.17, 15) is 18.3 Å². The number of hydrogen-bond acceptors (Lipinski definition) is 5. The number of halogens is 3. The van der Waals surface area contributed by atoms with Gasteiger partial charge in [0.25, 0.3) is 0 Å². The average Bonchev–Trinajstić information content (AvgIpc) is 2.92. The second kappa shape index (κ2) is 7.82. The molecule has 2 heterocycles. The van der Waals surface area contributed by atoms with Gasteiger partial charge in [-0.2, -0.15) is 13.2 Å². The Morgan fingerprint density at radius 3 is 2.72 bits per heavy atom. The van der Waals surface area contributed by atoms with Gasteiger partial charge in [-0.05, 0) is 12.1 Å². The Hall–Kier alpha value is -1.48. The molecule has 3 rings (SSSR count). The molecule has 2 aromatic rings.